The molecule has 0 N–H and O–H groups in total. The molecule has 22 heavy (non-hydrogen) atoms. The van der Waals surface area contributed by atoms with Gasteiger partial charge in [0.25, 0.3) is 0 Å². The summed E-state index contributed by atoms with van der Waals surface area (Å²) in [6, 6.07) is 0. The van der Waals surface area contributed by atoms with Crippen molar-refractivity contribution in [3.05, 3.63) is 23.9 Å². The van der Waals surface area contributed by atoms with Gasteiger partial charge in [0, 0.05) is 13.1 Å². The minimum absolute atomic E-state index is 1.17. The average Bonchev–Trinajstić information content (AvgIpc) is 2.55. The van der Waals surface area contributed by atoms with Gasteiger partial charge in [0.1, 0.15) is 0 Å². The van der Waals surface area contributed by atoms with Crippen LogP contribution in [0.3, 0.4) is 0 Å². The highest BCUT2D eigenvalue weighted by atomic mass is 15.1. The molecule has 0 bridgehead atoms. The quantitative estimate of drug-likeness (QED) is 0.317. The molecule has 1 heterocycles. The molecule has 0 saturated carbocycles. The number of unbranched alkanes of at least 4 members (excludes halogenated alkanes) is 10. The summed E-state index contributed by atoms with van der Waals surface area (Å²) < 4.78 is 0. The zero-order chi connectivity index (χ0) is 15.9. The molecule has 128 valence electrons. The molecule has 1 rings (SSSR count). The van der Waals surface area contributed by atoms with Crippen molar-refractivity contribution in [1.29, 1.82) is 0 Å². The van der Waals surface area contributed by atoms with Gasteiger partial charge in [-0.25, -0.2) is 0 Å². The molecule has 0 unspecified atom stereocenters. The number of rotatable bonds is 14. The first-order valence-electron chi connectivity index (χ1n) is 9.97. The van der Waals surface area contributed by atoms with E-state index in [1.165, 1.54) is 96.6 Å². The Bertz CT molecular complexity index is 303. The van der Waals surface area contributed by atoms with E-state index in [4.69, 9.17) is 0 Å². The second-order valence-electron chi connectivity index (χ2n) is 6.92. The normalized spacial score (nSPS) is 14.5. The Hall–Kier alpha value is -0.720. The van der Waals surface area contributed by atoms with Crippen LogP contribution in [0.1, 0.15) is 97.3 Å². The first kappa shape index (κ1) is 19.3. The summed E-state index contributed by atoms with van der Waals surface area (Å²) in [4.78, 5) is 2.51. The lowest BCUT2D eigenvalue weighted by Gasteiger charge is -2.24. The summed E-state index contributed by atoms with van der Waals surface area (Å²) in [7, 11) is 0. The van der Waals surface area contributed by atoms with Gasteiger partial charge in [0.05, 0.1) is 0 Å². The molecule has 0 aromatic rings. The Kier molecular flexibility index (Phi) is 12.2. The van der Waals surface area contributed by atoms with Crippen molar-refractivity contribution in [3.8, 4) is 0 Å². The van der Waals surface area contributed by atoms with Gasteiger partial charge in [-0.05, 0) is 31.5 Å². The molecule has 1 heteroatoms. The number of hydrogen-bond donors (Lipinski definition) is 0. The highest BCUT2D eigenvalue weighted by Crippen LogP contribution is 2.15. The Labute approximate surface area is 139 Å². The van der Waals surface area contributed by atoms with Gasteiger partial charge in [0.2, 0.25) is 0 Å². The van der Waals surface area contributed by atoms with Crippen molar-refractivity contribution in [2.24, 2.45) is 0 Å². The number of nitrogens with zero attached hydrogens (tertiary/aromatic N) is 1. The Morgan fingerprint density at radius 1 is 0.773 bits per heavy atom. The van der Waals surface area contributed by atoms with Crippen LogP contribution in [0.15, 0.2) is 23.9 Å². The van der Waals surface area contributed by atoms with E-state index in [0.717, 1.165) is 0 Å². The van der Waals surface area contributed by atoms with Gasteiger partial charge in [0.15, 0.2) is 0 Å². The SMILES string of the molecule is CCCCCCCCCCCCN1C=CC=C(CCCC)C1. The first-order chi connectivity index (χ1) is 10.9. The van der Waals surface area contributed by atoms with Crippen molar-refractivity contribution in [2.75, 3.05) is 13.1 Å². The summed E-state index contributed by atoms with van der Waals surface area (Å²) in [5.74, 6) is 0. The van der Waals surface area contributed by atoms with Gasteiger partial charge in [-0.2, -0.15) is 0 Å². The molecule has 0 aromatic heterocycles. The molecule has 1 nitrogen and oxygen atoms in total. The van der Waals surface area contributed by atoms with Crippen LogP contribution in [-0.4, -0.2) is 18.0 Å². The highest BCUT2D eigenvalue weighted by molar-refractivity contribution is 5.18. The van der Waals surface area contributed by atoms with E-state index < -0.39 is 0 Å². The third-order valence-electron chi connectivity index (χ3n) is 4.69. The van der Waals surface area contributed by atoms with Crippen molar-refractivity contribution in [3.63, 3.8) is 0 Å². The Morgan fingerprint density at radius 3 is 2.00 bits per heavy atom. The van der Waals surface area contributed by atoms with Crippen molar-refractivity contribution in [1.82, 2.24) is 4.90 Å². The van der Waals surface area contributed by atoms with Crippen LogP contribution in [0.5, 0.6) is 0 Å². The monoisotopic (exact) mass is 305 g/mol. The lowest BCUT2D eigenvalue weighted by Crippen LogP contribution is -2.23. The van der Waals surface area contributed by atoms with Gasteiger partial charge < -0.3 is 4.90 Å². The summed E-state index contributed by atoms with van der Waals surface area (Å²) in [6.07, 6.45) is 25.0. The predicted molar refractivity (Wildman–Crippen MR) is 100 cm³/mol. The van der Waals surface area contributed by atoms with Crippen molar-refractivity contribution in [2.45, 2.75) is 97.3 Å². The van der Waals surface area contributed by atoms with E-state index in [-0.39, 0.29) is 0 Å². The molecule has 0 aromatic carbocycles. The van der Waals surface area contributed by atoms with Crippen LogP contribution >= 0.6 is 0 Å². The second-order valence-corrected chi connectivity index (χ2v) is 6.92. The maximum Gasteiger partial charge on any atom is 0.0386 e. The Balaban J connectivity index is 1.91. The molecular weight excluding hydrogens is 266 g/mol. The van der Waals surface area contributed by atoms with E-state index in [1.807, 2.05) is 0 Å². The summed E-state index contributed by atoms with van der Waals surface area (Å²) in [5, 5.41) is 0. The molecule has 0 spiro atoms. The first-order valence-corrected chi connectivity index (χ1v) is 9.97. The Morgan fingerprint density at radius 2 is 1.36 bits per heavy atom. The van der Waals surface area contributed by atoms with E-state index in [2.05, 4.69) is 37.1 Å². The number of allylic oxidation sites excluding steroid dienone is 2. The van der Waals surface area contributed by atoms with Crippen molar-refractivity contribution >= 4 is 0 Å². The smallest absolute Gasteiger partial charge is 0.0386 e. The van der Waals surface area contributed by atoms with E-state index >= 15 is 0 Å². The summed E-state index contributed by atoms with van der Waals surface area (Å²) in [5.41, 5.74) is 1.62. The highest BCUT2D eigenvalue weighted by Gasteiger charge is 2.06. The largest absolute Gasteiger partial charge is 0.373 e. The summed E-state index contributed by atoms with van der Waals surface area (Å²) in [6.45, 7) is 6.99. The lowest BCUT2D eigenvalue weighted by molar-refractivity contribution is 0.379. The fraction of sp³-hybridized carbons (Fsp3) is 0.810. The number of hydrogen-bond acceptors (Lipinski definition) is 1. The van der Waals surface area contributed by atoms with Crippen LogP contribution in [0.25, 0.3) is 0 Å². The van der Waals surface area contributed by atoms with Crippen LogP contribution in [0, 0.1) is 0 Å². The molecule has 0 saturated heterocycles. The van der Waals surface area contributed by atoms with Crippen molar-refractivity contribution < 1.29 is 0 Å². The molecule has 1 aliphatic heterocycles. The van der Waals surface area contributed by atoms with E-state index in [1.54, 1.807) is 5.57 Å². The third-order valence-corrected chi connectivity index (χ3v) is 4.69. The van der Waals surface area contributed by atoms with E-state index in [0.29, 0.717) is 0 Å². The van der Waals surface area contributed by atoms with Gasteiger partial charge in [-0.3, -0.25) is 0 Å². The molecule has 0 radical (unpaired) electrons. The lowest BCUT2D eigenvalue weighted by atomic mass is 10.0. The fourth-order valence-corrected chi connectivity index (χ4v) is 3.19. The van der Waals surface area contributed by atoms with Gasteiger partial charge >= 0.3 is 0 Å². The zero-order valence-electron chi connectivity index (χ0n) is 15.3. The van der Waals surface area contributed by atoms with Gasteiger partial charge in [-0.15, -0.1) is 0 Å². The summed E-state index contributed by atoms with van der Waals surface area (Å²) >= 11 is 0. The van der Waals surface area contributed by atoms with Gasteiger partial charge in [-0.1, -0.05) is 89.7 Å². The van der Waals surface area contributed by atoms with E-state index in [9.17, 15) is 0 Å². The topological polar surface area (TPSA) is 3.24 Å². The molecule has 0 atom stereocenters. The molecule has 0 fully saturated rings. The van der Waals surface area contributed by atoms with Crippen LogP contribution in [-0.2, 0) is 0 Å². The standard InChI is InChI=1S/C21H39N/c1-3-5-7-8-9-10-11-12-13-14-18-22-19-15-17-21(20-22)16-6-4-2/h15,17,19H,3-14,16,18,20H2,1-2H3. The molecule has 0 amide bonds. The zero-order valence-corrected chi connectivity index (χ0v) is 15.3. The minimum Gasteiger partial charge on any atom is -0.373 e. The molecular formula is C21H39N. The third kappa shape index (κ3) is 10.1. The second kappa shape index (κ2) is 13.9. The van der Waals surface area contributed by atoms with Crippen LogP contribution in [0.2, 0.25) is 0 Å². The predicted octanol–water partition coefficient (Wildman–Crippen LogP) is 6.85. The maximum absolute atomic E-state index is 2.51. The van der Waals surface area contributed by atoms with Crippen LogP contribution < -0.4 is 0 Å². The maximum atomic E-state index is 2.51. The van der Waals surface area contributed by atoms with Crippen LogP contribution in [0.4, 0.5) is 0 Å². The fourth-order valence-electron chi connectivity index (χ4n) is 3.19. The molecule has 0 aliphatic carbocycles. The molecule has 1 aliphatic rings. The average molecular weight is 306 g/mol. The minimum atomic E-state index is 1.17.